The first-order valence-corrected chi connectivity index (χ1v) is 9.28. The molecule has 0 saturated heterocycles. The number of hydrogen-bond acceptors (Lipinski definition) is 7. The van der Waals surface area contributed by atoms with Gasteiger partial charge in [-0.25, -0.2) is 9.97 Å². The fourth-order valence-electron chi connectivity index (χ4n) is 3.05. The third kappa shape index (κ3) is 4.87. The van der Waals surface area contributed by atoms with E-state index in [9.17, 15) is 0 Å². The molecule has 0 amide bonds. The molecule has 0 aliphatic rings. The first-order valence-electron chi connectivity index (χ1n) is 9.28. The maximum Gasteiger partial charge on any atom is 0.203 e. The average molecular weight is 394 g/mol. The Hall–Kier alpha value is -3.48. The molecule has 1 unspecified atom stereocenters. The molecule has 0 aliphatic carbocycles. The molecule has 152 valence electrons. The molecule has 3 aromatic rings. The van der Waals surface area contributed by atoms with Crippen LogP contribution < -0.4 is 24.8 Å². The zero-order valence-electron chi connectivity index (χ0n) is 17.3. The van der Waals surface area contributed by atoms with Gasteiger partial charge in [0.05, 0.1) is 21.3 Å². The largest absolute Gasteiger partial charge is 0.493 e. The van der Waals surface area contributed by atoms with Gasteiger partial charge in [-0.05, 0) is 19.4 Å². The number of hydrogen-bond donors (Lipinski definition) is 2. The van der Waals surface area contributed by atoms with Gasteiger partial charge in [0.2, 0.25) is 5.75 Å². The number of nitrogens with zero attached hydrogens (tertiary/aromatic N) is 2. The lowest BCUT2D eigenvalue weighted by Gasteiger charge is -2.17. The lowest BCUT2D eigenvalue weighted by Crippen LogP contribution is -2.09. The van der Waals surface area contributed by atoms with Crippen LogP contribution in [0.2, 0.25) is 0 Å². The molecule has 7 nitrogen and oxygen atoms in total. The minimum absolute atomic E-state index is 0.111. The zero-order valence-corrected chi connectivity index (χ0v) is 17.3. The quantitative estimate of drug-likeness (QED) is 0.572. The summed E-state index contributed by atoms with van der Waals surface area (Å²) in [5.74, 6) is 3.73. The van der Waals surface area contributed by atoms with Crippen LogP contribution in [0.5, 0.6) is 17.2 Å². The molecule has 7 heteroatoms. The van der Waals surface area contributed by atoms with E-state index in [1.165, 1.54) is 5.56 Å². The Morgan fingerprint density at radius 1 is 0.828 bits per heavy atom. The summed E-state index contributed by atoms with van der Waals surface area (Å²) in [5, 5.41) is 6.72. The molecule has 1 atom stereocenters. The molecule has 0 fully saturated rings. The molecule has 0 aliphatic heterocycles. The van der Waals surface area contributed by atoms with Crippen molar-refractivity contribution in [2.24, 2.45) is 0 Å². The van der Waals surface area contributed by atoms with Crippen LogP contribution in [-0.2, 0) is 0 Å². The van der Waals surface area contributed by atoms with Crippen molar-refractivity contribution in [3.63, 3.8) is 0 Å². The Balaban J connectivity index is 1.85. The Kier molecular flexibility index (Phi) is 6.39. The van der Waals surface area contributed by atoms with Gasteiger partial charge in [-0.2, -0.15) is 0 Å². The predicted octanol–water partition coefficient (Wildman–Crippen LogP) is 4.73. The number of methoxy groups -OCH3 is 3. The summed E-state index contributed by atoms with van der Waals surface area (Å²) in [7, 11) is 4.75. The summed E-state index contributed by atoms with van der Waals surface area (Å²) < 4.78 is 16.2. The van der Waals surface area contributed by atoms with E-state index in [-0.39, 0.29) is 6.04 Å². The van der Waals surface area contributed by atoms with Gasteiger partial charge in [0, 0.05) is 29.9 Å². The van der Waals surface area contributed by atoms with Crippen LogP contribution in [0.4, 0.5) is 17.3 Å². The molecule has 0 saturated carbocycles. The summed E-state index contributed by atoms with van der Waals surface area (Å²) in [6.45, 7) is 3.96. The molecule has 3 rings (SSSR count). The predicted molar refractivity (Wildman–Crippen MR) is 115 cm³/mol. The second-order valence-corrected chi connectivity index (χ2v) is 6.50. The van der Waals surface area contributed by atoms with E-state index in [0.717, 1.165) is 11.5 Å². The van der Waals surface area contributed by atoms with E-state index in [2.05, 4.69) is 39.7 Å². The molecule has 2 N–H and O–H groups in total. The summed E-state index contributed by atoms with van der Waals surface area (Å²) in [6, 6.07) is 15.9. The highest BCUT2D eigenvalue weighted by Gasteiger charge is 2.14. The molecular formula is C22H26N4O3. The van der Waals surface area contributed by atoms with E-state index in [0.29, 0.717) is 28.9 Å². The number of nitrogens with one attached hydrogen (secondary N) is 2. The summed E-state index contributed by atoms with van der Waals surface area (Å²) in [4.78, 5) is 8.99. The number of rotatable bonds is 8. The van der Waals surface area contributed by atoms with Crippen LogP contribution in [0.25, 0.3) is 0 Å². The lowest BCUT2D eigenvalue weighted by atomic mass is 10.1. The normalized spacial score (nSPS) is 11.5. The van der Waals surface area contributed by atoms with Crippen LogP contribution in [0, 0.1) is 6.92 Å². The van der Waals surface area contributed by atoms with E-state index >= 15 is 0 Å². The molecule has 1 heterocycles. The number of anilines is 3. The third-order valence-corrected chi connectivity index (χ3v) is 4.44. The minimum Gasteiger partial charge on any atom is -0.493 e. The van der Waals surface area contributed by atoms with Crippen molar-refractivity contribution in [2.45, 2.75) is 19.9 Å². The third-order valence-electron chi connectivity index (χ3n) is 4.44. The SMILES string of the molecule is COc1cc(Nc2cc(NC(C)c3ccccc3)nc(C)n2)cc(OC)c1OC. The Bertz CT molecular complexity index is 939. The molecule has 0 bridgehead atoms. The van der Waals surface area contributed by atoms with Crippen molar-refractivity contribution in [2.75, 3.05) is 32.0 Å². The lowest BCUT2D eigenvalue weighted by molar-refractivity contribution is 0.324. The van der Waals surface area contributed by atoms with Crippen LogP contribution in [0.3, 0.4) is 0 Å². The van der Waals surface area contributed by atoms with Crippen molar-refractivity contribution >= 4 is 17.3 Å². The van der Waals surface area contributed by atoms with Crippen molar-refractivity contribution < 1.29 is 14.2 Å². The smallest absolute Gasteiger partial charge is 0.203 e. The standard InChI is InChI=1S/C22H26N4O3/c1-14(16-9-7-6-8-10-16)23-20-13-21(25-15(2)24-20)26-17-11-18(27-3)22(29-5)19(12-17)28-4/h6-14H,1-5H3,(H2,23,24,25,26). The van der Waals surface area contributed by atoms with E-state index in [4.69, 9.17) is 14.2 Å². The topological polar surface area (TPSA) is 77.5 Å². The highest BCUT2D eigenvalue weighted by Crippen LogP contribution is 2.40. The molecule has 0 radical (unpaired) electrons. The number of benzene rings is 2. The van der Waals surface area contributed by atoms with Crippen LogP contribution in [0.1, 0.15) is 24.4 Å². The van der Waals surface area contributed by atoms with Crippen molar-refractivity contribution in [1.29, 1.82) is 0 Å². The number of ether oxygens (including phenoxy) is 3. The van der Waals surface area contributed by atoms with E-state index < -0.39 is 0 Å². The molecule has 0 spiro atoms. The second kappa shape index (κ2) is 9.14. The molecular weight excluding hydrogens is 368 g/mol. The fourth-order valence-corrected chi connectivity index (χ4v) is 3.05. The van der Waals surface area contributed by atoms with Crippen LogP contribution in [-0.4, -0.2) is 31.3 Å². The number of aromatic nitrogens is 2. The molecule has 1 aromatic heterocycles. The average Bonchev–Trinajstić information content (AvgIpc) is 2.73. The fraction of sp³-hybridized carbons (Fsp3) is 0.273. The zero-order chi connectivity index (χ0) is 20.8. The Labute approximate surface area is 171 Å². The van der Waals surface area contributed by atoms with Gasteiger partial charge in [0.25, 0.3) is 0 Å². The first kappa shape index (κ1) is 20.3. The minimum atomic E-state index is 0.111. The van der Waals surface area contributed by atoms with Crippen molar-refractivity contribution in [3.05, 3.63) is 59.9 Å². The summed E-state index contributed by atoms with van der Waals surface area (Å²) in [5.41, 5.74) is 1.95. The van der Waals surface area contributed by atoms with Crippen LogP contribution in [0.15, 0.2) is 48.5 Å². The van der Waals surface area contributed by atoms with E-state index in [1.807, 2.05) is 43.3 Å². The molecule has 29 heavy (non-hydrogen) atoms. The second-order valence-electron chi connectivity index (χ2n) is 6.50. The van der Waals surface area contributed by atoms with Gasteiger partial charge in [-0.15, -0.1) is 0 Å². The first-order chi connectivity index (χ1) is 14.0. The highest BCUT2D eigenvalue weighted by atomic mass is 16.5. The highest BCUT2D eigenvalue weighted by molar-refractivity contribution is 5.67. The summed E-state index contributed by atoms with van der Waals surface area (Å²) in [6.07, 6.45) is 0. The van der Waals surface area contributed by atoms with Crippen molar-refractivity contribution in [1.82, 2.24) is 9.97 Å². The summed E-state index contributed by atoms with van der Waals surface area (Å²) >= 11 is 0. The Morgan fingerprint density at radius 2 is 1.45 bits per heavy atom. The van der Waals surface area contributed by atoms with Crippen molar-refractivity contribution in [3.8, 4) is 17.2 Å². The Morgan fingerprint density at radius 3 is 2.03 bits per heavy atom. The number of aryl methyl sites for hydroxylation is 1. The van der Waals surface area contributed by atoms with E-state index in [1.54, 1.807) is 21.3 Å². The maximum atomic E-state index is 5.42. The van der Waals surface area contributed by atoms with Gasteiger partial charge in [-0.1, -0.05) is 30.3 Å². The van der Waals surface area contributed by atoms with Crippen LogP contribution >= 0.6 is 0 Å². The van der Waals surface area contributed by atoms with Gasteiger partial charge < -0.3 is 24.8 Å². The van der Waals surface area contributed by atoms with Gasteiger partial charge in [-0.3, -0.25) is 0 Å². The van der Waals surface area contributed by atoms with Gasteiger partial charge >= 0.3 is 0 Å². The van der Waals surface area contributed by atoms with Gasteiger partial charge in [0.15, 0.2) is 11.5 Å². The monoisotopic (exact) mass is 394 g/mol. The van der Waals surface area contributed by atoms with Gasteiger partial charge in [0.1, 0.15) is 17.5 Å². The maximum absolute atomic E-state index is 5.42. The molecule has 2 aromatic carbocycles.